The molecule has 2 aromatic heterocycles. The molecular formula is C46H46Cl2F6N6. The monoisotopic (exact) mass is 866 g/mol. The summed E-state index contributed by atoms with van der Waals surface area (Å²) in [4.78, 5) is 14.3. The number of hydrogen-bond donors (Lipinski definition) is 0. The van der Waals surface area contributed by atoms with Gasteiger partial charge in [0.05, 0.1) is 46.3 Å². The van der Waals surface area contributed by atoms with E-state index in [1.165, 1.54) is 46.4 Å². The first-order chi connectivity index (χ1) is 28.8. The number of aromatic nitrogens is 4. The van der Waals surface area contributed by atoms with E-state index in [9.17, 15) is 26.3 Å². The number of imidazole rings is 2. The third kappa shape index (κ3) is 8.41. The number of alkyl halides is 6. The summed E-state index contributed by atoms with van der Waals surface area (Å²) in [6.45, 7) is 6.44. The molecule has 0 aliphatic carbocycles. The first-order valence-corrected chi connectivity index (χ1v) is 21.7. The van der Waals surface area contributed by atoms with Crippen molar-refractivity contribution in [2.24, 2.45) is 0 Å². The molecule has 4 aliphatic rings. The predicted molar refractivity (Wildman–Crippen MR) is 224 cm³/mol. The van der Waals surface area contributed by atoms with Crippen LogP contribution in [0.2, 0.25) is 10.0 Å². The zero-order chi connectivity index (χ0) is 41.8. The van der Waals surface area contributed by atoms with E-state index >= 15 is 0 Å². The third-order valence-electron chi connectivity index (χ3n) is 12.9. The minimum Gasteiger partial charge on any atom is -0.327 e. The minimum absolute atomic E-state index is 0.0535. The number of rotatable bonds is 6. The van der Waals surface area contributed by atoms with E-state index in [0.717, 1.165) is 136 Å². The van der Waals surface area contributed by atoms with Crippen LogP contribution in [0, 0.1) is 0 Å². The number of benzene rings is 4. The van der Waals surface area contributed by atoms with Crippen LogP contribution in [0.3, 0.4) is 0 Å². The molecule has 0 bridgehead atoms. The highest BCUT2D eigenvalue weighted by Gasteiger charge is 2.37. The SMILES string of the molecule is FC(F)(F)c1ccccc1C1CCN(Cc2nc3cc(Cl)cc4c3n2CCC4)CC1.FC(F)(F)c1ccccc1C1CCN(Cc2nc3cc(Cl)cc4c3n2CCC4)CC1. The van der Waals surface area contributed by atoms with Crippen molar-refractivity contribution in [3.63, 3.8) is 0 Å². The maximum Gasteiger partial charge on any atom is 0.416 e. The van der Waals surface area contributed by atoms with Crippen molar-refractivity contribution in [3.05, 3.63) is 128 Å². The van der Waals surface area contributed by atoms with E-state index < -0.39 is 23.5 Å². The minimum atomic E-state index is -4.30. The quantitative estimate of drug-likeness (QED) is 0.156. The fraction of sp³-hybridized carbons (Fsp3) is 0.435. The summed E-state index contributed by atoms with van der Waals surface area (Å²) in [6.07, 6.45) is -1.51. The van der Waals surface area contributed by atoms with Gasteiger partial charge >= 0.3 is 12.4 Å². The number of nitrogens with zero attached hydrogens (tertiary/aromatic N) is 6. The summed E-state index contributed by atoms with van der Waals surface area (Å²) in [7, 11) is 0. The largest absolute Gasteiger partial charge is 0.416 e. The molecule has 6 heterocycles. The summed E-state index contributed by atoms with van der Waals surface area (Å²) in [6, 6.07) is 19.9. The van der Waals surface area contributed by atoms with Gasteiger partial charge in [0.1, 0.15) is 11.6 Å². The predicted octanol–water partition coefficient (Wildman–Crippen LogP) is 12.1. The number of halogens is 8. The molecule has 0 N–H and O–H groups in total. The lowest BCUT2D eigenvalue weighted by Gasteiger charge is -2.33. The molecule has 10 rings (SSSR count). The highest BCUT2D eigenvalue weighted by atomic mass is 35.5. The van der Waals surface area contributed by atoms with Gasteiger partial charge in [-0.2, -0.15) is 26.3 Å². The zero-order valence-corrected chi connectivity index (χ0v) is 34.6. The highest BCUT2D eigenvalue weighted by molar-refractivity contribution is 6.31. The van der Waals surface area contributed by atoms with Gasteiger partial charge in [0.15, 0.2) is 0 Å². The van der Waals surface area contributed by atoms with Crippen LogP contribution in [0.25, 0.3) is 22.1 Å². The molecule has 0 atom stereocenters. The lowest BCUT2D eigenvalue weighted by Crippen LogP contribution is -2.34. The van der Waals surface area contributed by atoms with Crippen LogP contribution in [-0.4, -0.2) is 55.1 Å². The number of likely N-dealkylation sites (tertiary alicyclic amines) is 2. The fourth-order valence-electron chi connectivity index (χ4n) is 10.1. The van der Waals surface area contributed by atoms with Crippen LogP contribution in [0.1, 0.15) is 95.4 Å². The van der Waals surface area contributed by atoms with Gasteiger partial charge in [-0.25, -0.2) is 9.97 Å². The van der Waals surface area contributed by atoms with Crippen LogP contribution in [-0.2, 0) is 51.4 Å². The summed E-state index contributed by atoms with van der Waals surface area (Å²) in [5.74, 6) is 1.95. The molecule has 14 heteroatoms. The van der Waals surface area contributed by atoms with Gasteiger partial charge in [-0.3, -0.25) is 9.80 Å². The van der Waals surface area contributed by atoms with Crippen molar-refractivity contribution in [1.29, 1.82) is 0 Å². The van der Waals surface area contributed by atoms with Crippen molar-refractivity contribution in [1.82, 2.24) is 28.9 Å². The Hall–Kier alpha value is -4.10. The molecule has 4 aliphatic heterocycles. The Bertz CT molecular complexity index is 2340. The molecule has 6 aromatic rings. The van der Waals surface area contributed by atoms with Crippen LogP contribution in [0.4, 0.5) is 26.3 Å². The fourth-order valence-corrected chi connectivity index (χ4v) is 10.6. The van der Waals surface area contributed by atoms with Gasteiger partial charge in [0.2, 0.25) is 0 Å². The van der Waals surface area contributed by atoms with Crippen molar-refractivity contribution < 1.29 is 26.3 Å². The van der Waals surface area contributed by atoms with Gasteiger partial charge < -0.3 is 9.13 Å². The molecule has 0 radical (unpaired) electrons. The van der Waals surface area contributed by atoms with Gasteiger partial charge in [-0.15, -0.1) is 0 Å². The smallest absolute Gasteiger partial charge is 0.327 e. The molecule has 60 heavy (non-hydrogen) atoms. The first kappa shape index (κ1) is 41.3. The third-order valence-corrected chi connectivity index (χ3v) is 13.3. The van der Waals surface area contributed by atoms with E-state index in [1.807, 2.05) is 24.3 Å². The summed E-state index contributed by atoms with van der Waals surface area (Å²) in [5.41, 5.74) is 6.67. The van der Waals surface area contributed by atoms with Gasteiger partial charge in [0.25, 0.3) is 0 Å². The van der Waals surface area contributed by atoms with E-state index in [1.54, 1.807) is 24.3 Å². The second-order valence-electron chi connectivity index (χ2n) is 16.7. The first-order valence-electron chi connectivity index (χ1n) is 20.9. The molecule has 316 valence electrons. The molecule has 0 saturated carbocycles. The molecule has 6 nitrogen and oxygen atoms in total. The van der Waals surface area contributed by atoms with Crippen LogP contribution in [0.5, 0.6) is 0 Å². The van der Waals surface area contributed by atoms with E-state index in [4.69, 9.17) is 33.2 Å². The Morgan fingerprint density at radius 2 is 0.917 bits per heavy atom. The number of aryl methyl sites for hydroxylation is 4. The second kappa shape index (κ2) is 16.6. The Balaban J connectivity index is 0.000000154. The van der Waals surface area contributed by atoms with E-state index in [0.29, 0.717) is 11.1 Å². The molecule has 2 fully saturated rings. The topological polar surface area (TPSA) is 42.1 Å². The lowest BCUT2D eigenvalue weighted by atomic mass is 9.86. The number of piperidine rings is 2. The Kier molecular flexibility index (Phi) is 11.4. The summed E-state index contributed by atoms with van der Waals surface area (Å²) < 4.78 is 84.9. The molecule has 2 saturated heterocycles. The van der Waals surface area contributed by atoms with Crippen molar-refractivity contribution in [2.75, 3.05) is 26.2 Å². The Morgan fingerprint density at radius 1 is 0.533 bits per heavy atom. The van der Waals surface area contributed by atoms with Gasteiger partial charge in [-0.05, 0) is 148 Å². The standard InChI is InChI=1S/2C23H23ClF3N3/c2*24-17-12-16-4-3-9-30-21(28-20(13-17)22(16)30)14-29-10-7-15(8-11-29)18-5-1-2-6-19(18)23(25,26)27/h2*1-2,5-6,12-13,15H,3-4,7-11,14H2. The zero-order valence-electron chi connectivity index (χ0n) is 33.1. The average molecular weight is 868 g/mol. The molecular weight excluding hydrogens is 821 g/mol. The van der Waals surface area contributed by atoms with Crippen molar-refractivity contribution in [2.45, 2.75) is 102 Å². The highest BCUT2D eigenvalue weighted by Crippen LogP contribution is 2.41. The van der Waals surface area contributed by atoms with Crippen LogP contribution >= 0.6 is 23.2 Å². The molecule has 0 amide bonds. The normalized spacial score (nSPS) is 18.3. The Morgan fingerprint density at radius 3 is 1.30 bits per heavy atom. The van der Waals surface area contributed by atoms with E-state index in [-0.39, 0.29) is 11.8 Å². The molecule has 4 aromatic carbocycles. The number of hydrogen-bond acceptors (Lipinski definition) is 4. The van der Waals surface area contributed by atoms with Crippen molar-refractivity contribution >= 4 is 45.3 Å². The van der Waals surface area contributed by atoms with E-state index in [2.05, 4.69) is 18.9 Å². The summed E-state index contributed by atoms with van der Waals surface area (Å²) in [5, 5.41) is 1.44. The molecule has 0 spiro atoms. The van der Waals surface area contributed by atoms with Gasteiger partial charge in [-0.1, -0.05) is 59.6 Å². The van der Waals surface area contributed by atoms with Crippen LogP contribution < -0.4 is 0 Å². The maximum atomic E-state index is 13.4. The second-order valence-corrected chi connectivity index (χ2v) is 17.6. The van der Waals surface area contributed by atoms with Crippen molar-refractivity contribution in [3.8, 4) is 0 Å². The lowest BCUT2D eigenvalue weighted by molar-refractivity contribution is -0.139. The summed E-state index contributed by atoms with van der Waals surface area (Å²) >= 11 is 12.5. The Labute approximate surface area is 355 Å². The van der Waals surface area contributed by atoms with Crippen LogP contribution in [0.15, 0.2) is 72.8 Å². The maximum absolute atomic E-state index is 13.4. The average Bonchev–Trinajstić information content (AvgIpc) is 3.76. The van der Waals surface area contributed by atoms with Gasteiger partial charge in [0, 0.05) is 23.1 Å². The molecule has 0 unspecified atom stereocenters.